The Morgan fingerprint density at radius 1 is 0.792 bits per heavy atom. The van der Waals surface area contributed by atoms with Crippen molar-refractivity contribution in [1.82, 2.24) is 20.9 Å². The molecule has 53 heavy (non-hydrogen) atoms. The minimum absolute atomic E-state index is 0.00477. The Morgan fingerprint density at radius 2 is 1.40 bits per heavy atom. The normalized spacial score (nSPS) is 29.6. The third kappa shape index (κ3) is 9.49. The lowest BCUT2D eigenvalue weighted by Crippen LogP contribution is -2.65. The lowest BCUT2D eigenvalue weighted by molar-refractivity contribution is -0.274. The molecular formula is C39H50F3N5O6. The predicted molar refractivity (Wildman–Crippen MR) is 190 cm³/mol. The van der Waals surface area contributed by atoms with Crippen molar-refractivity contribution in [2.75, 3.05) is 18.4 Å². The first-order valence-corrected chi connectivity index (χ1v) is 19.0. The quantitative estimate of drug-likeness (QED) is 0.186. The standard InChI is InChI=1S/C39H50F3N5O6/c40-39(41,42)53-33-11-5-28(6-12-33)43-35(50)44-30-13-15-47(16-14-30)34(49)22-37-18-26-17-27(19-37)21-38(20-26,24-37)46-36(51)45-29-3-9-32(10-4-29)52-31-7-1-25(23-48)2-8-31/h1-2,5-8,11-12,26-27,29-30,32,48H,3-4,9-10,13-24H2,(H2,43,44,50)(H2,45,46,51). The number of urea groups is 2. The van der Waals surface area contributed by atoms with Crippen molar-refractivity contribution in [3.8, 4) is 11.5 Å². The Balaban J connectivity index is 0.850. The van der Waals surface area contributed by atoms with E-state index in [1.165, 1.54) is 18.6 Å². The van der Waals surface area contributed by atoms with Gasteiger partial charge in [-0.05, 0) is 136 Å². The molecule has 8 rings (SSSR count). The number of benzene rings is 2. The molecule has 2 unspecified atom stereocenters. The molecule has 1 heterocycles. The summed E-state index contributed by atoms with van der Waals surface area (Å²) >= 11 is 0. The van der Waals surface area contributed by atoms with E-state index < -0.39 is 12.4 Å². The van der Waals surface area contributed by atoms with Gasteiger partial charge in [0.05, 0.1) is 12.7 Å². The van der Waals surface area contributed by atoms with Gasteiger partial charge >= 0.3 is 18.4 Å². The number of carbonyl (C=O) groups excluding carboxylic acids is 3. The number of alkyl halides is 3. The molecule has 5 aliphatic carbocycles. The second-order valence-electron chi connectivity index (χ2n) is 16.2. The van der Waals surface area contributed by atoms with Gasteiger partial charge in [0.2, 0.25) is 5.91 Å². The van der Waals surface area contributed by atoms with Gasteiger partial charge in [-0.3, -0.25) is 4.79 Å². The van der Waals surface area contributed by atoms with E-state index >= 15 is 0 Å². The smallest absolute Gasteiger partial charge is 0.490 e. The number of rotatable bonds is 10. The van der Waals surface area contributed by atoms with Crippen LogP contribution in [0, 0.1) is 17.3 Å². The average molecular weight is 742 g/mol. The first kappa shape index (κ1) is 37.1. The summed E-state index contributed by atoms with van der Waals surface area (Å²) in [5.74, 6) is 1.57. The number of carbonyl (C=O) groups is 3. The van der Waals surface area contributed by atoms with E-state index in [1.54, 1.807) is 0 Å². The van der Waals surface area contributed by atoms with Crippen LogP contribution in [-0.2, 0) is 11.4 Å². The zero-order valence-corrected chi connectivity index (χ0v) is 29.9. The van der Waals surface area contributed by atoms with Gasteiger partial charge in [0.25, 0.3) is 0 Å². The zero-order chi connectivity index (χ0) is 37.2. The summed E-state index contributed by atoms with van der Waals surface area (Å²) in [5.41, 5.74) is 0.781. The highest BCUT2D eigenvalue weighted by Crippen LogP contribution is 2.63. The molecule has 5 amide bonds. The molecule has 1 saturated heterocycles. The molecule has 11 nitrogen and oxygen atoms in total. The molecular weight excluding hydrogens is 691 g/mol. The van der Waals surface area contributed by atoms with Gasteiger partial charge in [-0.2, -0.15) is 0 Å². The number of nitrogens with one attached hydrogen (secondary N) is 4. The Morgan fingerprint density at radius 3 is 2.02 bits per heavy atom. The van der Waals surface area contributed by atoms with Crippen molar-refractivity contribution in [2.24, 2.45) is 17.3 Å². The average Bonchev–Trinajstić information content (AvgIpc) is 3.09. The van der Waals surface area contributed by atoms with E-state index in [9.17, 15) is 32.7 Å². The van der Waals surface area contributed by atoms with Gasteiger partial charge in [0, 0.05) is 42.8 Å². The summed E-state index contributed by atoms with van der Waals surface area (Å²) in [6.45, 7) is 1.07. The molecule has 5 saturated carbocycles. The van der Waals surface area contributed by atoms with Gasteiger partial charge < -0.3 is 40.7 Å². The Bertz CT molecular complexity index is 1590. The number of piperidine rings is 1. The number of anilines is 1. The second-order valence-corrected chi connectivity index (χ2v) is 16.2. The van der Waals surface area contributed by atoms with Gasteiger partial charge in [0.1, 0.15) is 11.5 Å². The molecule has 5 N–H and O–H groups in total. The minimum Gasteiger partial charge on any atom is -0.490 e. The highest BCUT2D eigenvalue weighted by molar-refractivity contribution is 5.89. The lowest BCUT2D eigenvalue weighted by atomic mass is 9.46. The number of likely N-dealkylation sites (tertiary alicyclic amines) is 1. The van der Waals surface area contributed by atoms with Crippen LogP contribution in [0.15, 0.2) is 48.5 Å². The van der Waals surface area contributed by atoms with Crippen LogP contribution in [0.3, 0.4) is 0 Å². The fourth-order valence-electron chi connectivity index (χ4n) is 10.3. The zero-order valence-electron chi connectivity index (χ0n) is 29.9. The number of halogens is 3. The Hall–Kier alpha value is -4.20. The molecule has 0 radical (unpaired) electrons. The maximum Gasteiger partial charge on any atom is 0.573 e. The van der Waals surface area contributed by atoms with E-state index in [4.69, 9.17) is 4.74 Å². The number of aliphatic hydroxyl groups excluding tert-OH is 1. The SMILES string of the molecule is O=C(Nc1ccc(OC(F)(F)F)cc1)NC1CCN(C(=O)CC23CC4CC(C2)CC(NC(=O)NC2CCC(Oc5ccc(CO)cc5)CC2)(C4)C3)CC1. The molecule has 0 aromatic heterocycles. The number of hydrogen-bond acceptors (Lipinski definition) is 6. The topological polar surface area (TPSA) is 141 Å². The van der Waals surface area contributed by atoms with Gasteiger partial charge in [0.15, 0.2) is 0 Å². The molecule has 6 fully saturated rings. The van der Waals surface area contributed by atoms with Gasteiger partial charge in [-0.25, -0.2) is 9.59 Å². The summed E-state index contributed by atoms with van der Waals surface area (Å²) in [7, 11) is 0. The summed E-state index contributed by atoms with van der Waals surface area (Å²) in [6, 6.07) is 11.8. The molecule has 6 aliphatic rings. The third-order valence-corrected chi connectivity index (χ3v) is 12.0. The highest BCUT2D eigenvalue weighted by atomic mass is 19.4. The van der Waals surface area contributed by atoms with Gasteiger partial charge in [-0.1, -0.05) is 12.1 Å². The minimum atomic E-state index is -4.79. The monoisotopic (exact) mass is 741 g/mol. The van der Waals surface area contributed by atoms with Crippen molar-refractivity contribution in [2.45, 2.75) is 120 Å². The molecule has 4 bridgehead atoms. The molecule has 14 heteroatoms. The van der Waals surface area contributed by atoms with Gasteiger partial charge in [-0.15, -0.1) is 13.2 Å². The van der Waals surface area contributed by atoms with Crippen LogP contribution >= 0.6 is 0 Å². The summed E-state index contributed by atoms with van der Waals surface area (Å²) < 4.78 is 47.3. The van der Waals surface area contributed by atoms with Crippen molar-refractivity contribution >= 4 is 23.7 Å². The summed E-state index contributed by atoms with van der Waals surface area (Å²) in [6.07, 6.45) is 6.36. The first-order valence-electron chi connectivity index (χ1n) is 19.0. The molecule has 2 atom stereocenters. The maximum absolute atomic E-state index is 13.8. The van der Waals surface area contributed by atoms with E-state index in [0.717, 1.165) is 81.2 Å². The largest absolute Gasteiger partial charge is 0.573 e. The fraction of sp³-hybridized carbons (Fsp3) is 0.615. The lowest BCUT2D eigenvalue weighted by Gasteiger charge is -2.62. The number of aliphatic hydroxyl groups is 1. The Labute approximate surface area is 307 Å². The molecule has 288 valence electrons. The fourth-order valence-corrected chi connectivity index (χ4v) is 10.3. The van der Waals surface area contributed by atoms with Crippen LogP contribution in [0.5, 0.6) is 11.5 Å². The predicted octanol–water partition coefficient (Wildman–Crippen LogP) is 6.61. The molecule has 0 spiro atoms. The van der Waals surface area contributed by atoms with Crippen LogP contribution in [0.4, 0.5) is 28.4 Å². The van der Waals surface area contributed by atoms with Crippen LogP contribution in [0.2, 0.25) is 0 Å². The third-order valence-electron chi connectivity index (χ3n) is 12.0. The van der Waals surface area contributed by atoms with E-state index in [0.29, 0.717) is 49.9 Å². The van der Waals surface area contributed by atoms with Crippen molar-refractivity contribution < 1.29 is 42.1 Å². The number of amides is 5. The summed E-state index contributed by atoms with van der Waals surface area (Å²) in [4.78, 5) is 41.7. The van der Waals surface area contributed by atoms with E-state index in [1.807, 2.05) is 29.2 Å². The van der Waals surface area contributed by atoms with Crippen LogP contribution < -0.4 is 30.7 Å². The van der Waals surface area contributed by atoms with Crippen molar-refractivity contribution in [3.05, 3.63) is 54.1 Å². The molecule has 1 aliphatic heterocycles. The number of ether oxygens (including phenoxy) is 2. The van der Waals surface area contributed by atoms with Crippen LogP contribution in [-0.4, -0.2) is 71.2 Å². The van der Waals surface area contributed by atoms with Crippen LogP contribution in [0.25, 0.3) is 0 Å². The van der Waals surface area contributed by atoms with E-state index in [-0.39, 0.29) is 53.4 Å². The highest BCUT2D eigenvalue weighted by Gasteiger charge is 2.59. The van der Waals surface area contributed by atoms with E-state index in [2.05, 4.69) is 26.0 Å². The summed E-state index contributed by atoms with van der Waals surface area (Å²) in [5, 5.41) is 21.5. The second kappa shape index (κ2) is 15.3. The number of nitrogens with zero attached hydrogens (tertiary/aromatic N) is 1. The number of hydrogen-bond donors (Lipinski definition) is 5. The van der Waals surface area contributed by atoms with Crippen LogP contribution in [0.1, 0.15) is 89.0 Å². The van der Waals surface area contributed by atoms with Crippen molar-refractivity contribution in [3.63, 3.8) is 0 Å². The Kier molecular flexibility index (Phi) is 10.7. The van der Waals surface area contributed by atoms with Crippen molar-refractivity contribution in [1.29, 1.82) is 0 Å². The first-order chi connectivity index (χ1) is 25.3. The molecule has 2 aromatic rings. The maximum atomic E-state index is 13.8. The molecule has 2 aromatic carbocycles.